The molecule has 0 saturated heterocycles. The normalized spacial score (nSPS) is 11.0. The summed E-state index contributed by atoms with van der Waals surface area (Å²) < 4.78 is 11.9. The molecule has 1 N–H and O–H groups in total. The molecule has 0 bridgehead atoms. The number of fused-ring (bicyclic) bond motifs is 1. The van der Waals surface area contributed by atoms with Gasteiger partial charge in [0, 0.05) is 12.1 Å². The van der Waals surface area contributed by atoms with Crippen molar-refractivity contribution in [2.75, 3.05) is 32.6 Å². The molecule has 1 heterocycles. The number of carbonyl (C=O) groups is 1. The number of aromatic nitrogens is 1. The van der Waals surface area contributed by atoms with Gasteiger partial charge in [-0.3, -0.25) is 9.69 Å². The third-order valence-corrected chi connectivity index (χ3v) is 4.90. The molecule has 0 aliphatic heterocycles. The van der Waals surface area contributed by atoms with E-state index in [1.165, 1.54) is 11.3 Å². The maximum Gasteiger partial charge on any atom is 0.240 e. The van der Waals surface area contributed by atoms with Crippen molar-refractivity contribution in [1.82, 2.24) is 9.88 Å². The second kappa shape index (κ2) is 8.83. The lowest BCUT2D eigenvalue weighted by atomic mass is 10.2. The van der Waals surface area contributed by atoms with Gasteiger partial charge in [-0.15, -0.1) is 0 Å². The summed E-state index contributed by atoms with van der Waals surface area (Å²) in [5, 5.41) is 3.47. The number of hydrogen-bond acceptors (Lipinski definition) is 6. The standard InChI is InChI=1S/C20H23N3O3S/c1-4-26-15-9-10-16-18(11-15)27-20(21-16)22-19(24)13-23(2)12-14-7-5-6-8-17(14)25-3/h5-11H,4,12-13H2,1-3H3,(H,21,22,24). The number of nitrogens with one attached hydrogen (secondary N) is 1. The van der Waals surface area contributed by atoms with Crippen LogP contribution < -0.4 is 14.8 Å². The van der Waals surface area contributed by atoms with Gasteiger partial charge < -0.3 is 14.8 Å². The first kappa shape index (κ1) is 19.1. The Morgan fingerprint density at radius 3 is 2.85 bits per heavy atom. The molecule has 142 valence electrons. The van der Waals surface area contributed by atoms with Crippen LogP contribution in [0.5, 0.6) is 11.5 Å². The van der Waals surface area contributed by atoms with Crippen LogP contribution >= 0.6 is 11.3 Å². The average Bonchev–Trinajstić information content (AvgIpc) is 3.03. The Hall–Kier alpha value is -2.64. The van der Waals surface area contributed by atoms with Gasteiger partial charge in [-0.05, 0) is 38.2 Å². The first-order valence-electron chi connectivity index (χ1n) is 8.72. The van der Waals surface area contributed by atoms with Crippen LogP contribution in [0.15, 0.2) is 42.5 Å². The summed E-state index contributed by atoms with van der Waals surface area (Å²) in [6.45, 7) is 3.45. The lowest BCUT2D eigenvalue weighted by Crippen LogP contribution is -2.29. The Kier molecular flexibility index (Phi) is 6.26. The Morgan fingerprint density at radius 2 is 2.07 bits per heavy atom. The minimum Gasteiger partial charge on any atom is -0.496 e. The van der Waals surface area contributed by atoms with Crippen LogP contribution in [-0.2, 0) is 11.3 Å². The molecule has 6 nitrogen and oxygen atoms in total. The maximum atomic E-state index is 12.4. The molecule has 3 rings (SSSR count). The number of likely N-dealkylation sites (N-methyl/N-ethyl adjacent to an activating group) is 1. The largest absolute Gasteiger partial charge is 0.496 e. The third kappa shape index (κ3) is 4.96. The van der Waals surface area contributed by atoms with E-state index >= 15 is 0 Å². The molecule has 0 aliphatic rings. The van der Waals surface area contributed by atoms with Crippen molar-refractivity contribution in [3.05, 3.63) is 48.0 Å². The van der Waals surface area contributed by atoms with Gasteiger partial charge in [-0.25, -0.2) is 4.98 Å². The number of methoxy groups -OCH3 is 1. The van der Waals surface area contributed by atoms with E-state index in [0.717, 1.165) is 27.3 Å². The highest BCUT2D eigenvalue weighted by molar-refractivity contribution is 7.22. The summed E-state index contributed by atoms with van der Waals surface area (Å²) in [6.07, 6.45) is 0. The smallest absolute Gasteiger partial charge is 0.240 e. The summed E-state index contributed by atoms with van der Waals surface area (Å²) >= 11 is 1.44. The van der Waals surface area contributed by atoms with Crippen molar-refractivity contribution in [3.8, 4) is 11.5 Å². The van der Waals surface area contributed by atoms with Crippen LogP contribution in [0, 0.1) is 0 Å². The monoisotopic (exact) mass is 385 g/mol. The number of amides is 1. The van der Waals surface area contributed by atoms with E-state index in [1.807, 2.05) is 61.3 Å². The van der Waals surface area contributed by atoms with Crippen LogP contribution in [0.25, 0.3) is 10.2 Å². The Bertz CT molecular complexity index is 926. The van der Waals surface area contributed by atoms with E-state index in [-0.39, 0.29) is 12.5 Å². The first-order valence-corrected chi connectivity index (χ1v) is 9.54. The number of rotatable bonds is 8. The topological polar surface area (TPSA) is 63.7 Å². The number of carbonyl (C=O) groups excluding carboxylic acids is 1. The molecule has 0 radical (unpaired) electrons. The molecule has 2 aromatic carbocycles. The predicted molar refractivity (Wildman–Crippen MR) is 109 cm³/mol. The molecule has 0 unspecified atom stereocenters. The SMILES string of the molecule is CCOc1ccc2nc(NC(=O)CN(C)Cc3ccccc3OC)sc2c1. The molecular weight excluding hydrogens is 362 g/mol. The zero-order valence-electron chi connectivity index (χ0n) is 15.7. The fourth-order valence-corrected chi connectivity index (χ4v) is 3.71. The minimum absolute atomic E-state index is 0.100. The number of benzene rings is 2. The van der Waals surface area contributed by atoms with Crippen molar-refractivity contribution >= 4 is 32.6 Å². The molecule has 0 saturated carbocycles. The quantitative estimate of drug-likeness (QED) is 0.639. The van der Waals surface area contributed by atoms with Crippen LogP contribution in [-0.4, -0.2) is 43.1 Å². The number of anilines is 1. The van der Waals surface area contributed by atoms with Gasteiger partial charge in [0.2, 0.25) is 5.91 Å². The Balaban J connectivity index is 1.60. The van der Waals surface area contributed by atoms with Crippen molar-refractivity contribution in [2.45, 2.75) is 13.5 Å². The van der Waals surface area contributed by atoms with Gasteiger partial charge >= 0.3 is 0 Å². The number of para-hydroxylation sites is 1. The molecule has 3 aromatic rings. The Labute approximate surface area is 162 Å². The molecule has 0 aliphatic carbocycles. The number of hydrogen-bond donors (Lipinski definition) is 1. The lowest BCUT2D eigenvalue weighted by Gasteiger charge is -2.17. The molecule has 0 spiro atoms. The van der Waals surface area contributed by atoms with Crippen LogP contribution in [0.4, 0.5) is 5.13 Å². The number of thiazole rings is 1. The lowest BCUT2D eigenvalue weighted by molar-refractivity contribution is -0.117. The van der Waals surface area contributed by atoms with Crippen molar-refractivity contribution < 1.29 is 14.3 Å². The summed E-state index contributed by atoms with van der Waals surface area (Å²) in [4.78, 5) is 18.8. The summed E-state index contributed by atoms with van der Waals surface area (Å²) in [5.41, 5.74) is 1.89. The fourth-order valence-electron chi connectivity index (χ4n) is 2.80. The van der Waals surface area contributed by atoms with Crippen LogP contribution in [0.1, 0.15) is 12.5 Å². The van der Waals surface area contributed by atoms with Crippen LogP contribution in [0.2, 0.25) is 0 Å². The zero-order valence-corrected chi connectivity index (χ0v) is 16.5. The van der Waals surface area contributed by atoms with Gasteiger partial charge in [-0.1, -0.05) is 29.5 Å². The van der Waals surface area contributed by atoms with Gasteiger partial charge in [0.15, 0.2) is 5.13 Å². The minimum atomic E-state index is -0.100. The maximum absolute atomic E-state index is 12.4. The predicted octanol–water partition coefficient (Wildman–Crippen LogP) is 3.77. The van der Waals surface area contributed by atoms with E-state index in [4.69, 9.17) is 9.47 Å². The van der Waals surface area contributed by atoms with Gasteiger partial charge in [0.25, 0.3) is 0 Å². The molecule has 0 atom stereocenters. The first-order chi connectivity index (χ1) is 13.1. The van der Waals surface area contributed by atoms with E-state index in [1.54, 1.807) is 7.11 Å². The van der Waals surface area contributed by atoms with Crippen molar-refractivity contribution in [1.29, 1.82) is 0 Å². The van der Waals surface area contributed by atoms with Gasteiger partial charge in [-0.2, -0.15) is 0 Å². The highest BCUT2D eigenvalue weighted by Crippen LogP contribution is 2.29. The second-order valence-corrected chi connectivity index (χ2v) is 7.14. The number of nitrogens with zero attached hydrogens (tertiary/aromatic N) is 2. The van der Waals surface area contributed by atoms with Gasteiger partial charge in [0.05, 0.1) is 30.5 Å². The second-order valence-electron chi connectivity index (χ2n) is 6.11. The van der Waals surface area contributed by atoms with Crippen molar-refractivity contribution in [3.63, 3.8) is 0 Å². The Morgan fingerprint density at radius 1 is 1.26 bits per heavy atom. The van der Waals surface area contributed by atoms with E-state index in [0.29, 0.717) is 18.3 Å². The van der Waals surface area contributed by atoms with E-state index in [2.05, 4.69) is 10.3 Å². The zero-order chi connectivity index (χ0) is 19.2. The van der Waals surface area contributed by atoms with Gasteiger partial charge in [0.1, 0.15) is 11.5 Å². The molecule has 1 amide bonds. The highest BCUT2D eigenvalue weighted by Gasteiger charge is 2.12. The van der Waals surface area contributed by atoms with Crippen LogP contribution in [0.3, 0.4) is 0 Å². The summed E-state index contributed by atoms with van der Waals surface area (Å²) in [5.74, 6) is 1.53. The van der Waals surface area contributed by atoms with E-state index < -0.39 is 0 Å². The fraction of sp³-hybridized carbons (Fsp3) is 0.300. The number of ether oxygens (including phenoxy) is 2. The van der Waals surface area contributed by atoms with Crippen molar-refractivity contribution in [2.24, 2.45) is 0 Å². The third-order valence-electron chi connectivity index (χ3n) is 3.96. The summed E-state index contributed by atoms with van der Waals surface area (Å²) in [6, 6.07) is 13.5. The molecule has 1 aromatic heterocycles. The average molecular weight is 385 g/mol. The summed E-state index contributed by atoms with van der Waals surface area (Å²) in [7, 11) is 3.55. The highest BCUT2D eigenvalue weighted by atomic mass is 32.1. The molecule has 0 fully saturated rings. The molecule has 27 heavy (non-hydrogen) atoms. The van der Waals surface area contributed by atoms with E-state index in [9.17, 15) is 4.79 Å². The molecular formula is C20H23N3O3S. The molecule has 7 heteroatoms.